The summed E-state index contributed by atoms with van der Waals surface area (Å²) in [6.07, 6.45) is 0.709. The lowest BCUT2D eigenvalue weighted by Crippen LogP contribution is -2.09. The fraction of sp³-hybridized carbons (Fsp3) is 0.500. The van der Waals surface area contributed by atoms with Crippen LogP contribution < -0.4 is 4.74 Å². The van der Waals surface area contributed by atoms with Gasteiger partial charge in [0.25, 0.3) is 0 Å². The molecule has 0 aromatic heterocycles. The second kappa shape index (κ2) is 6.15. The molecule has 0 spiro atoms. The standard InChI is InChI=1S/C12H17FO4S/c1-9(14)11-5-4-10(13)8-12(11)17-6-3-7-18(2,15)16/h4-5,8-9,14H,3,6-7H2,1-2H3/t9-/m0/s1. The van der Waals surface area contributed by atoms with Crippen LogP contribution in [0.5, 0.6) is 5.75 Å². The molecule has 0 radical (unpaired) electrons. The number of sulfone groups is 1. The summed E-state index contributed by atoms with van der Waals surface area (Å²) in [6, 6.07) is 3.87. The van der Waals surface area contributed by atoms with Gasteiger partial charge in [-0.25, -0.2) is 12.8 Å². The van der Waals surface area contributed by atoms with Crippen LogP contribution in [-0.2, 0) is 9.84 Å². The molecule has 4 nitrogen and oxygen atoms in total. The summed E-state index contributed by atoms with van der Waals surface area (Å²) in [5.74, 6) is -0.192. The molecule has 0 unspecified atom stereocenters. The molecule has 1 N–H and O–H groups in total. The SMILES string of the molecule is C[C@H](O)c1ccc(F)cc1OCCCS(C)(=O)=O. The molecule has 18 heavy (non-hydrogen) atoms. The number of hydrogen-bond donors (Lipinski definition) is 1. The van der Waals surface area contributed by atoms with Gasteiger partial charge in [-0.15, -0.1) is 0 Å². The average Bonchev–Trinajstić information content (AvgIpc) is 2.22. The van der Waals surface area contributed by atoms with Gasteiger partial charge in [0.05, 0.1) is 18.5 Å². The lowest BCUT2D eigenvalue weighted by atomic mass is 10.1. The quantitative estimate of drug-likeness (QED) is 0.803. The van der Waals surface area contributed by atoms with Crippen molar-refractivity contribution in [2.24, 2.45) is 0 Å². The van der Waals surface area contributed by atoms with Crippen molar-refractivity contribution in [2.45, 2.75) is 19.4 Å². The number of aliphatic hydroxyl groups is 1. The van der Waals surface area contributed by atoms with Crippen molar-refractivity contribution in [2.75, 3.05) is 18.6 Å². The molecular formula is C12H17FO4S. The van der Waals surface area contributed by atoms with Crippen molar-refractivity contribution in [3.8, 4) is 5.75 Å². The zero-order valence-electron chi connectivity index (χ0n) is 10.4. The first-order chi connectivity index (χ1) is 8.29. The van der Waals surface area contributed by atoms with E-state index in [0.29, 0.717) is 12.0 Å². The molecule has 0 fully saturated rings. The second-order valence-corrected chi connectivity index (χ2v) is 6.45. The Hall–Kier alpha value is -1.14. The summed E-state index contributed by atoms with van der Waals surface area (Å²) in [7, 11) is -3.02. The number of aliphatic hydroxyl groups excluding tert-OH is 1. The third-order valence-corrected chi connectivity index (χ3v) is 3.37. The third kappa shape index (κ3) is 5.01. The summed E-state index contributed by atoms with van der Waals surface area (Å²) < 4.78 is 40.2. The van der Waals surface area contributed by atoms with Crippen molar-refractivity contribution in [1.29, 1.82) is 0 Å². The molecular weight excluding hydrogens is 259 g/mol. The molecule has 0 saturated heterocycles. The lowest BCUT2D eigenvalue weighted by molar-refractivity contribution is 0.191. The highest BCUT2D eigenvalue weighted by Gasteiger charge is 2.10. The van der Waals surface area contributed by atoms with Gasteiger partial charge in [0.15, 0.2) is 0 Å². The zero-order valence-corrected chi connectivity index (χ0v) is 11.2. The summed E-state index contributed by atoms with van der Waals surface area (Å²) >= 11 is 0. The van der Waals surface area contributed by atoms with Crippen LogP contribution in [0.15, 0.2) is 18.2 Å². The van der Waals surface area contributed by atoms with Gasteiger partial charge in [-0.1, -0.05) is 0 Å². The molecule has 0 aliphatic rings. The number of benzene rings is 1. The van der Waals surface area contributed by atoms with E-state index in [2.05, 4.69) is 0 Å². The van der Waals surface area contributed by atoms with Crippen LogP contribution in [0.3, 0.4) is 0 Å². The largest absolute Gasteiger partial charge is 0.493 e. The van der Waals surface area contributed by atoms with Crippen molar-refractivity contribution in [3.63, 3.8) is 0 Å². The highest BCUT2D eigenvalue weighted by molar-refractivity contribution is 7.90. The zero-order chi connectivity index (χ0) is 13.8. The van der Waals surface area contributed by atoms with Crippen molar-refractivity contribution in [1.82, 2.24) is 0 Å². The second-order valence-electron chi connectivity index (χ2n) is 4.19. The summed E-state index contributed by atoms with van der Waals surface area (Å²) in [6.45, 7) is 1.72. The first kappa shape index (κ1) is 14.9. The molecule has 1 rings (SSSR count). The highest BCUT2D eigenvalue weighted by atomic mass is 32.2. The smallest absolute Gasteiger partial charge is 0.147 e. The van der Waals surface area contributed by atoms with E-state index in [9.17, 15) is 17.9 Å². The third-order valence-electron chi connectivity index (χ3n) is 2.34. The molecule has 0 saturated carbocycles. The first-order valence-corrected chi connectivity index (χ1v) is 7.63. The molecule has 0 aliphatic heterocycles. The van der Waals surface area contributed by atoms with Crippen molar-refractivity contribution in [3.05, 3.63) is 29.6 Å². The van der Waals surface area contributed by atoms with Gasteiger partial charge in [-0.3, -0.25) is 0 Å². The van der Waals surface area contributed by atoms with Crippen LogP contribution in [0, 0.1) is 5.82 Å². The van der Waals surface area contributed by atoms with Crippen LogP contribution in [0.25, 0.3) is 0 Å². The van der Waals surface area contributed by atoms with Gasteiger partial charge < -0.3 is 9.84 Å². The predicted molar refractivity (Wildman–Crippen MR) is 66.9 cm³/mol. The fourth-order valence-electron chi connectivity index (χ4n) is 1.48. The molecule has 0 bridgehead atoms. The minimum atomic E-state index is -3.02. The van der Waals surface area contributed by atoms with E-state index in [1.54, 1.807) is 6.92 Å². The van der Waals surface area contributed by atoms with E-state index >= 15 is 0 Å². The maximum absolute atomic E-state index is 13.1. The molecule has 1 atom stereocenters. The maximum atomic E-state index is 13.1. The molecule has 6 heteroatoms. The van der Waals surface area contributed by atoms with E-state index in [0.717, 1.165) is 6.26 Å². The summed E-state index contributed by atoms with van der Waals surface area (Å²) in [4.78, 5) is 0. The van der Waals surface area contributed by atoms with Crippen LogP contribution in [0.4, 0.5) is 4.39 Å². The van der Waals surface area contributed by atoms with Crippen LogP contribution >= 0.6 is 0 Å². The van der Waals surface area contributed by atoms with Crippen LogP contribution in [-0.4, -0.2) is 32.1 Å². The monoisotopic (exact) mass is 276 g/mol. The van der Waals surface area contributed by atoms with E-state index in [1.807, 2.05) is 0 Å². The molecule has 0 amide bonds. The van der Waals surface area contributed by atoms with Gasteiger partial charge >= 0.3 is 0 Å². The minimum absolute atomic E-state index is 0.0202. The Morgan fingerprint density at radius 2 is 2.11 bits per heavy atom. The van der Waals surface area contributed by atoms with Crippen molar-refractivity contribution >= 4 is 9.84 Å². The Labute approximate surface area is 106 Å². The van der Waals surface area contributed by atoms with Gasteiger partial charge in [0.1, 0.15) is 21.4 Å². The van der Waals surface area contributed by atoms with E-state index in [-0.39, 0.29) is 18.1 Å². The lowest BCUT2D eigenvalue weighted by Gasteiger charge is -2.13. The van der Waals surface area contributed by atoms with Crippen LogP contribution in [0.2, 0.25) is 0 Å². The average molecular weight is 276 g/mol. The summed E-state index contributed by atoms with van der Waals surface area (Å²) in [5.41, 5.74) is 0.482. The summed E-state index contributed by atoms with van der Waals surface area (Å²) in [5, 5.41) is 9.48. The molecule has 0 aliphatic carbocycles. The normalized spacial score (nSPS) is 13.3. The Bertz CT molecular complexity index is 497. The predicted octanol–water partition coefficient (Wildman–Crippen LogP) is 1.69. The number of rotatable bonds is 6. The van der Waals surface area contributed by atoms with E-state index in [1.165, 1.54) is 18.2 Å². The molecule has 0 heterocycles. The Balaban J connectivity index is 2.63. The van der Waals surface area contributed by atoms with Gasteiger partial charge in [0.2, 0.25) is 0 Å². The molecule has 102 valence electrons. The van der Waals surface area contributed by atoms with E-state index in [4.69, 9.17) is 4.74 Å². The van der Waals surface area contributed by atoms with Gasteiger partial charge in [-0.05, 0) is 25.5 Å². The fourth-order valence-corrected chi connectivity index (χ4v) is 2.12. The maximum Gasteiger partial charge on any atom is 0.147 e. The van der Waals surface area contributed by atoms with Crippen LogP contribution in [0.1, 0.15) is 25.0 Å². The molecule has 1 aromatic rings. The molecule has 1 aromatic carbocycles. The van der Waals surface area contributed by atoms with Crippen molar-refractivity contribution < 1.29 is 22.7 Å². The van der Waals surface area contributed by atoms with Gasteiger partial charge in [0, 0.05) is 17.9 Å². The number of halogens is 1. The Morgan fingerprint density at radius 3 is 2.67 bits per heavy atom. The minimum Gasteiger partial charge on any atom is -0.493 e. The van der Waals surface area contributed by atoms with Gasteiger partial charge in [-0.2, -0.15) is 0 Å². The Morgan fingerprint density at radius 1 is 1.44 bits per heavy atom. The number of ether oxygens (including phenoxy) is 1. The van der Waals surface area contributed by atoms with E-state index < -0.39 is 21.8 Å². The highest BCUT2D eigenvalue weighted by Crippen LogP contribution is 2.26. The topological polar surface area (TPSA) is 63.6 Å². The number of hydrogen-bond acceptors (Lipinski definition) is 4. The first-order valence-electron chi connectivity index (χ1n) is 5.57. The Kier molecular flexibility index (Phi) is 5.10.